The Balaban J connectivity index is 1.52. The molecule has 10 heteroatoms. The molecule has 9 nitrogen and oxygen atoms in total. The smallest absolute Gasteiger partial charge is 0.252 e. The zero-order valence-electron chi connectivity index (χ0n) is 20.6. The molecule has 2 aliphatic rings. The Bertz CT molecular complexity index is 1250. The molecule has 2 unspecified atom stereocenters. The molecule has 0 spiro atoms. The van der Waals surface area contributed by atoms with Crippen LogP contribution in [0.2, 0.25) is 0 Å². The van der Waals surface area contributed by atoms with Gasteiger partial charge in [0.15, 0.2) is 11.6 Å². The van der Waals surface area contributed by atoms with Crippen molar-refractivity contribution in [2.45, 2.75) is 37.8 Å². The molecule has 2 aromatic heterocycles. The summed E-state index contributed by atoms with van der Waals surface area (Å²) in [6.07, 6.45) is 3.77. The summed E-state index contributed by atoms with van der Waals surface area (Å²) >= 11 is 0. The number of hydrogen-bond acceptors (Lipinski definition) is 8. The van der Waals surface area contributed by atoms with Crippen molar-refractivity contribution in [3.8, 4) is 11.3 Å². The molecule has 2 fully saturated rings. The number of rotatable bonds is 7. The van der Waals surface area contributed by atoms with Crippen LogP contribution >= 0.6 is 0 Å². The number of ether oxygens (including phenoxy) is 1. The molecule has 194 valence electrons. The number of amides is 1. The summed E-state index contributed by atoms with van der Waals surface area (Å²) in [5.41, 5.74) is 14.2. The summed E-state index contributed by atoms with van der Waals surface area (Å²) in [5.74, 6) is -0.452. The maximum atomic E-state index is 15.0. The average Bonchev–Trinajstić information content (AvgIpc) is 2.92. The molecule has 0 radical (unpaired) electrons. The van der Waals surface area contributed by atoms with Gasteiger partial charge in [-0.3, -0.25) is 4.79 Å². The lowest BCUT2D eigenvalue weighted by atomic mass is 9.91. The third-order valence-corrected chi connectivity index (χ3v) is 6.86. The highest BCUT2D eigenvalue weighted by molar-refractivity contribution is 5.98. The number of pyridine rings is 2. The highest BCUT2D eigenvalue weighted by Crippen LogP contribution is 2.31. The van der Waals surface area contributed by atoms with Crippen molar-refractivity contribution in [1.29, 1.82) is 0 Å². The fourth-order valence-corrected chi connectivity index (χ4v) is 4.82. The third-order valence-electron chi connectivity index (χ3n) is 6.86. The number of hydrogen-bond donors (Lipinski definition) is 4. The van der Waals surface area contributed by atoms with E-state index in [0.29, 0.717) is 32.0 Å². The number of nitrogens with one attached hydrogen (secondary N) is 2. The number of halogens is 1. The Hall–Kier alpha value is -3.76. The predicted octanol–water partition coefficient (Wildman–Crippen LogP) is 3.64. The van der Waals surface area contributed by atoms with Crippen LogP contribution in [-0.2, 0) is 4.74 Å². The molecule has 1 saturated carbocycles. The molecule has 1 aliphatic carbocycles. The lowest BCUT2D eigenvalue weighted by Gasteiger charge is -2.30. The highest BCUT2D eigenvalue weighted by Gasteiger charge is 2.25. The number of morpholine rings is 1. The van der Waals surface area contributed by atoms with Crippen LogP contribution in [0, 0.1) is 5.82 Å². The summed E-state index contributed by atoms with van der Waals surface area (Å²) in [7, 11) is 0. The maximum Gasteiger partial charge on any atom is 0.252 e. The molecular weight excluding hydrogens is 473 g/mol. The molecule has 2 atom stereocenters. The van der Waals surface area contributed by atoms with Gasteiger partial charge in [-0.05, 0) is 25.0 Å². The van der Waals surface area contributed by atoms with Crippen LogP contribution in [0.3, 0.4) is 0 Å². The zero-order chi connectivity index (χ0) is 25.8. The second kappa shape index (κ2) is 11.1. The number of carbonyl (C=O) groups excluding carboxylic acids is 1. The molecular formula is C27H32FN7O2. The number of carbonyl (C=O) groups is 1. The summed E-state index contributed by atoms with van der Waals surface area (Å²) in [5, 5.41) is 6.37. The van der Waals surface area contributed by atoms with E-state index < -0.39 is 11.7 Å². The van der Waals surface area contributed by atoms with Gasteiger partial charge in [-0.2, -0.15) is 0 Å². The van der Waals surface area contributed by atoms with Crippen molar-refractivity contribution in [2.24, 2.45) is 11.5 Å². The predicted molar refractivity (Wildman–Crippen MR) is 143 cm³/mol. The largest absolute Gasteiger partial charge is 0.378 e. The number of nitrogens with zero attached hydrogens (tertiary/aromatic N) is 3. The fraction of sp³-hybridized carbons (Fsp3) is 0.370. The van der Waals surface area contributed by atoms with E-state index in [1.807, 2.05) is 42.5 Å². The molecule has 1 aromatic carbocycles. The van der Waals surface area contributed by atoms with Crippen molar-refractivity contribution in [3.05, 3.63) is 59.9 Å². The first kappa shape index (κ1) is 24.9. The monoisotopic (exact) mass is 505 g/mol. The van der Waals surface area contributed by atoms with Gasteiger partial charge in [0, 0.05) is 42.5 Å². The van der Waals surface area contributed by atoms with Crippen molar-refractivity contribution >= 4 is 29.0 Å². The van der Waals surface area contributed by atoms with Gasteiger partial charge in [0.1, 0.15) is 11.6 Å². The van der Waals surface area contributed by atoms with Crippen molar-refractivity contribution in [1.82, 2.24) is 9.97 Å². The molecule has 37 heavy (non-hydrogen) atoms. The minimum Gasteiger partial charge on any atom is -0.378 e. The van der Waals surface area contributed by atoms with Gasteiger partial charge >= 0.3 is 0 Å². The number of aromatic nitrogens is 2. The first-order chi connectivity index (χ1) is 18.0. The van der Waals surface area contributed by atoms with Crippen LogP contribution in [0.5, 0.6) is 0 Å². The molecule has 1 aliphatic heterocycles. The maximum absolute atomic E-state index is 15.0. The standard InChI is InChI=1S/C27H32FN7O2/c28-20-16-19(25(30)36)26(34-27(20)33-22-9-5-4-8-21(22)29)31-18-14-23(17-6-2-1-3-7-17)32-24(15-18)35-10-12-37-13-11-35/h1-3,6-7,14-16,21-22H,4-5,8-13,29H2,(H2,30,36)(H2,31,32,33,34). The summed E-state index contributed by atoms with van der Waals surface area (Å²) in [4.78, 5) is 23.7. The number of primary amides is 1. The molecule has 3 aromatic rings. The fourth-order valence-electron chi connectivity index (χ4n) is 4.82. The van der Waals surface area contributed by atoms with Gasteiger partial charge in [-0.1, -0.05) is 43.2 Å². The Morgan fingerprint density at radius 2 is 1.78 bits per heavy atom. The van der Waals surface area contributed by atoms with Crippen molar-refractivity contribution < 1.29 is 13.9 Å². The molecule has 5 rings (SSSR count). The van der Waals surface area contributed by atoms with Crippen molar-refractivity contribution in [2.75, 3.05) is 41.8 Å². The van der Waals surface area contributed by atoms with Crippen molar-refractivity contribution in [3.63, 3.8) is 0 Å². The van der Waals surface area contributed by atoms with E-state index in [1.165, 1.54) is 0 Å². The Labute approximate surface area is 215 Å². The van der Waals surface area contributed by atoms with Crippen LogP contribution in [0.1, 0.15) is 36.0 Å². The second-order valence-electron chi connectivity index (χ2n) is 9.47. The van der Waals surface area contributed by atoms with Crippen LogP contribution in [0.15, 0.2) is 48.5 Å². The Kier molecular flexibility index (Phi) is 7.47. The summed E-state index contributed by atoms with van der Waals surface area (Å²) in [6.45, 7) is 2.65. The van der Waals surface area contributed by atoms with E-state index in [4.69, 9.17) is 21.2 Å². The normalized spacial score (nSPS) is 19.9. The van der Waals surface area contributed by atoms with Gasteiger partial charge in [-0.15, -0.1) is 0 Å². The van der Waals surface area contributed by atoms with Gasteiger partial charge in [0.2, 0.25) is 0 Å². The van der Waals surface area contributed by atoms with Gasteiger partial charge < -0.3 is 31.7 Å². The first-order valence-electron chi connectivity index (χ1n) is 12.7. The van der Waals surface area contributed by atoms with Crippen LogP contribution in [-0.4, -0.2) is 54.3 Å². The average molecular weight is 506 g/mol. The van der Waals surface area contributed by atoms with E-state index in [0.717, 1.165) is 48.8 Å². The Morgan fingerprint density at radius 1 is 1.03 bits per heavy atom. The molecule has 6 N–H and O–H groups in total. The quantitative estimate of drug-likeness (QED) is 0.383. The second-order valence-corrected chi connectivity index (χ2v) is 9.47. The summed E-state index contributed by atoms with van der Waals surface area (Å²) in [6, 6.07) is 14.5. The van der Waals surface area contributed by atoms with E-state index in [9.17, 15) is 9.18 Å². The summed E-state index contributed by atoms with van der Waals surface area (Å²) < 4.78 is 20.5. The third kappa shape index (κ3) is 5.81. The first-order valence-corrected chi connectivity index (χ1v) is 12.7. The molecule has 3 heterocycles. The SMILES string of the molecule is NC(=O)c1cc(F)c(NC2CCCCC2N)nc1Nc1cc(-c2ccccc2)nc(N2CCOCC2)c1. The van der Waals surface area contributed by atoms with Gasteiger partial charge in [0.05, 0.1) is 24.5 Å². The number of benzene rings is 1. The topological polar surface area (TPSA) is 131 Å². The minimum absolute atomic E-state index is 0.0398. The van der Waals surface area contributed by atoms with Crippen LogP contribution in [0.25, 0.3) is 11.3 Å². The highest BCUT2D eigenvalue weighted by atomic mass is 19.1. The molecule has 1 amide bonds. The number of anilines is 4. The lowest BCUT2D eigenvalue weighted by molar-refractivity contribution is 0.100. The van der Waals surface area contributed by atoms with E-state index in [1.54, 1.807) is 0 Å². The van der Waals surface area contributed by atoms with E-state index in [-0.39, 0.29) is 29.3 Å². The number of nitrogens with two attached hydrogens (primary N) is 2. The van der Waals surface area contributed by atoms with Crippen LogP contribution < -0.4 is 27.0 Å². The molecule has 0 bridgehead atoms. The zero-order valence-corrected chi connectivity index (χ0v) is 20.6. The van der Waals surface area contributed by atoms with Gasteiger partial charge in [0.25, 0.3) is 5.91 Å². The van der Waals surface area contributed by atoms with E-state index in [2.05, 4.69) is 20.5 Å². The molecule has 1 saturated heterocycles. The Morgan fingerprint density at radius 3 is 2.51 bits per heavy atom. The van der Waals surface area contributed by atoms with Crippen LogP contribution in [0.4, 0.5) is 27.5 Å². The lowest BCUT2D eigenvalue weighted by Crippen LogP contribution is -2.43. The van der Waals surface area contributed by atoms with Gasteiger partial charge in [-0.25, -0.2) is 14.4 Å². The van der Waals surface area contributed by atoms with E-state index >= 15 is 0 Å². The minimum atomic E-state index is -0.777.